The van der Waals surface area contributed by atoms with Gasteiger partial charge < -0.3 is 9.13 Å². The molecule has 8 rings (SSSR count). The normalized spacial score (nSPS) is 11.6. The van der Waals surface area contributed by atoms with Crippen LogP contribution in [-0.4, -0.2) is 9.55 Å². The van der Waals surface area contributed by atoms with Crippen molar-refractivity contribution >= 4 is 62.2 Å². The van der Waals surface area contributed by atoms with Crippen molar-refractivity contribution in [3.63, 3.8) is 0 Å². The predicted molar refractivity (Wildman–Crippen MR) is 193 cm³/mol. The van der Waals surface area contributed by atoms with Gasteiger partial charge in [0.1, 0.15) is 11.3 Å². The second kappa shape index (κ2) is 11.7. The third kappa shape index (κ3) is 4.72. The van der Waals surface area contributed by atoms with Crippen molar-refractivity contribution in [3.8, 4) is 5.69 Å². The van der Waals surface area contributed by atoms with Crippen LogP contribution in [0.3, 0.4) is 0 Å². The molecular formula is C41H30N3OP. The minimum absolute atomic E-state index is 0.547. The zero-order valence-corrected chi connectivity index (χ0v) is 25.9. The number of hydrogen-bond acceptors (Lipinski definition) is 3. The molecule has 0 saturated carbocycles. The maximum Gasteiger partial charge on any atom is 0.188 e. The Bertz CT molecular complexity index is 2240. The highest BCUT2D eigenvalue weighted by Crippen LogP contribution is 2.43. The lowest BCUT2D eigenvalue weighted by molar-refractivity contribution is 0.592. The first-order chi connectivity index (χ1) is 22.7. The van der Waals surface area contributed by atoms with E-state index in [1.54, 1.807) is 0 Å². The van der Waals surface area contributed by atoms with Gasteiger partial charge in [-0.15, -0.1) is 0 Å². The van der Waals surface area contributed by atoms with Crippen LogP contribution in [0.15, 0.2) is 182 Å². The van der Waals surface area contributed by atoms with E-state index in [0.717, 1.165) is 27.7 Å². The fourth-order valence-corrected chi connectivity index (χ4v) is 8.89. The molecule has 0 atom stereocenters. The second-order valence-corrected chi connectivity index (χ2v) is 13.9. The Morgan fingerprint density at radius 2 is 0.935 bits per heavy atom. The van der Waals surface area contributed by atoms with Crippen molar-refractivity contribution < 1.29 is 4.57 Å². The SMILES string of the molecule is O=P(c1ccccc1)(c1ccccc1)c1cccc(N(c2ccccc2)c2ccc(-n3c4ccccc4c4ccccc43)cc2)n1. The number of fused-ring (bicyclic) bond motifs is 3. The average Bonchev–Trinajstić information content (AvgIpc) is 3.47. The highest BCUT2D eigenvalue weighted by molar-refractivity contribution is 7.85. The molecule has 0 amide bonds. The number of aromatic nitrogens is 2. The molecule has 0 aliphatic heterocycles. The quantitative estimate of drug-likeness (QED) is 0.169. The molecule has 0 spiro atoms. The first kappa shape index (κ1) is 27.8. The van der Waals surface area contributed by atoms with Crippen molar-refractivity contribution in [2.24, 2.45) is 0 Å². The summed E-state index contributed by atoms with van der Waals surface area (Å²) in [6.45, 7) is 0. The van der Waals surface area contributed by atoms with Gasteiger partial charge in [-0.3, -0.25) is 4.90 Å². The third-order valence-electron chi connectivity index (χ3n) is 8.47. The van der Waals surface area contributed by atoms with Gasteiger partial charge in [0.05, 0.1) is 11.0 Å². The van der Waals surface area contributed by atoms with Crippen LogP contribution in [0, 0.1) is 0 Å². The van der Waals surface area contributed by atoms with Gasteiger partial charge in [0.15, 0.2) is 7.14 Å². The van der Waals surface area contributed by atoms with Crippen LogP contribution in [0.5, 0.6) is 0 Å². The van der Waals surface area contributed by atoms with Gasteiger partial charge in [-0.2, -0.15) is 0 Å². The fourth-order valence-electron chi connectivity index (χ4n) is 6.34. The van der Waals surface area contributed by atoms with Crippen LogP contribution in [0.1, 0.15) is 0 Å². The summed E-state index contributed by atoms with van der Waals surface area (Å²) < 4.78 is 17.5. The van der Waals surface area contributed by atoms with Crippen molar-refractivity contribution in [1.29, 1.82) is 0 Å². The van der Waals surface area contributed by atoms with Gasteiger partial charge in [0, 0.05) is 38.4 Å². The molecule has 0 aliphatic carbocycles. The number of para-hydroxylation sites is 3. The minimum Gasteiger partial charge on any atom is -0.309 e. The van der Waals surface area contributed by atoms with Crippen LogP contribution in [0.2, 0.25) is 0 Å². The van der Waals surface area contributed by atoms with E-state index in [1.165, 1.54) is 21.8 Å². The molecule has 6 aromatic carbocycles. The minimum atomic E-state index is -3.26. The highest BCUT2D eigenvalue weighted by Gasteiger charge is 2.32. The van der Waals surface area contributed by atoms with Crippen molar-refractivity contribution in [1.82, 2.24) is 9.55 Å². The second-order valence-electron chi connectivity index (χ2n) is 11.2. The zero-order chi connectivity index (χ0) is 30.9. The molecular weight excluding hydrogens is 581 g/mol. The molecule has 220 valence electrons. The van der Waals surface area contributed by atoms with E-state index in [2.05, 4.69) is 94.4 Å². The number of nitrogens with zero attached hydrogens (tertiary/aromatic N) is 3. The lowest BCUT2D eigenvalue weighted by Crippen LogP contribution is -2.28. The van der Waals surface area contributed by atoms with Crippen LogP contribution in [0.4, 0.5) is 17.2 Å². The molecule has 2 heterocycles. The largest absolute Gasteiger partial charge is 0.309 e. The monoisotopic (exact) mass is 611 g/mol. The first-order valence-corrected chi connectivity index (χ1v) is 17.1. The van der Waals surface area contributed by atoms with E-state index in [1.807, 2.05) is 97.1 Å². The van der Waals surface area contributed by atoms with E-state index in [9.17, 15) is 0 Å². The molecule has 8 aromatic rings. The maximum atomic E-state index is 15.2. The topological polar surface area (TPSA) is 38.1 Å². The molecule has 0 aliphatic rings. The van der Waals surface area contributed by atoms with Crippen molar-refractivity contribution in [2.75, 3.05) is 4.90 Å². The molecule has 0 unspecified atom stereocenters. The fraction of sp³-hybridized carbons (Fsp3) is 0. The van der Waals surface area contributed by atoms with Crippen LogP contribution < -0.4 is 20.9 Å². The summed E-state index contributed by atoms with van der Waals surface area (Å²) in [5.74, 6) is 0.695. The molecule has 46 heavy (non-hydrogen) atoms. The zero-order valence-electron chi connectivity index (χ0n) is 25.0. The van der Waals surface area contributed by atoms with E-state index < -0.39 is 7.14 Å². The van der Waals surface area contributed by atoms with E-state index >= 15 is 4.57 Å². The average molecular weight is 612 g/mol. The number of benzene rings is 6. The van der Waals surface area contributed by atoms with Crippen LogP contribution >= 0.6 is 7.14 Å². The standard InChI is InChI=1S/C41H30N3OP/c45-46(34-17-6-2-7-18-34,35-19-8-3-9-20-35)41-26-14-25-40(42-41)43(31-15-4-1-5-16-31)32-27-29-33(30-28-32)44-38-23-12-10-21-36(38)37-22-11-13-24-39(37)44/h1-30H. The summed E-state index contributed by atoms with van der Waals surface area (Å²) in [4.78, 5) is 7.29. The van der Waals surface area contributed by atoms with Crippen LogP contribution in [-0.2, 0) is 4.57 Å². The summed E-state index contributed by atoms with van der Waals surface area (Å²) in [7, 11) is -3.26. The first-order valence-electron chi connectivity index (χ1n) is 15.3. The van der Waals surface area contributed by atoms with Gasteiger partial charge in [0.25, 0.3) is 0 Å². The molecule has 4 nitrogen and oxygen atoms in total. The Morgan fingerprint density at radius 3 is 1.50 bits per heavy atom. The number of pyridine rings is 1. The molecule has 0 radical (unpaired) electrons. The highest BCUT2D eigenvalue weighted by atomic mass is 31.2. The Balaban J connectivity index is 1.27. The smallest absolute Gasteiger partial charge is 0.188 e. The molecule has 0 saturated heterocycles. The Labute approximate surface area is 268 Å². The van der Waals surface area contributed by atoms with Gasteiger partial charge in [-0.1, -0.05) is 121 Å². The Hall–Kier alpha value is -5.70. The van der Waals surface area contributed by atoms with Crippen molar-refractivity contribution in [3.05, 3.63) is 182 Å². The Kier molecular flexibility index (Phi) is 7.05. The lowest BCUT2D eigenvalue weighted by Gasteiger charge is -2.26. The van der Waals surface area contributed by atoms with Gasteiger partial charge in [-0.25, -0.2) is 4.98 Å². The van der Waals surface area contributed by atoms with E-state index in [-0.39, 0.29) is 0 Å². The summed E-state index contributed by atoms with van der Waals surface area (Å²) in [5, 5.41) is 3.98. The summed E-state index contributed by atoms with van der Waals surface area (Å²) in [6, 6.07) is 61.1. The van der Waals surface area contributed by atoms with E-state index in [0.29, 0.717) is 11.3 Å². The lowest BCUT2D eigenvalue weighted by atomic mass is 10.2. The summed E-state index contributed by atoms with van der Waals surface area (Å²) >= 11 is 0. The summed E-state index contributed by atoms with van der Waals surface area (Å²) in [6.07, 6.45) is 0. The predicted octanol–water partition coefficient (Wildman–Crippen LogP) is 9.29. The maximum absolute atomic E-state index is 15.2. The number of rotatable bonds is 7. The Morgan fingerprint density at radius 1 is 0.457 bits per heavy atom. The molecule has 5 heteroatoms. The third-order valence-corrected chi connectivity index (χ3v) is 11.4. The van der Waals surface area contributed by atoms with Gasteiger partial charge in [0.2, 0.25) is 0 Å². The van der Waals surface area contributed by atoms with E-state index in [4.69, 9.17) is 4.98 Å². The summed E-state index contributed by atoms with van der Waals surface area (Å²) in [5.41, 5.74) is 5.88. The number of hydrogen-bond donors (Lipinski definition) is 0. The van der Waals surface area contributed by atoms with Crippen molar-refractivity contribution in [2.45, 2.75) is 0 Å². The molecule has 0 fully saturated rings. The van der Waals surface area contributed by atoms with Crippen LogP contribution in [0.25, 0.3) is 27.5 Å². The van der Waals surface area contributed by atoms with Gasteiger partial charge in [-0.05, 0) is 60.7 Å². The number of anilines is 3. The molecule has 0 N–H and O–H groups in total. The van der Waals surface area contributed by atoms with Gasteiger partial charge >= 0.3 is 0 Å². The molecule has 0 bridgehead atoms. The molecule has 2 aromatic heterocycles.